The number of nitrogens with one attached hydrogen (secondary N) is 1. The van der Waals surface area contributed by atoms with Gasteiger partial charge in [0.2, 0.25) is 0 Å². The van der Waals surface area contributed by atoms with Crippen LogP contribution in [-0.4, -0.2) is 48.4 Å². The molecule has 0 fully saturated rings. The van der Waals surface area contributed by atoms with Crippen LogP contribution in [0.25, 0.3) is 0 Å². The van der Waals surface area contributed by atoms with Crippen molar-refractivity contribution in [1.29, 1.82) is 5.41 Å². The molecule has 0 aliphatic carbocycles. The first-order valence-electron chi connectivity index (χ1n) is 6.24. The Morgan fingerprint density at radius 2 is 1.53 bits per heavy atom. The first kappa shape index (κ1) is 14.4. The van der Waals surface area contributed by atoms with Crippen molar-refractivity contribution >= 4 is 5.84 Å². The summed E-state index contributed by atoms with van der Waals surface area (Å²) in [7, 11) is 0. The van der Waals surface area contributed by atoms with E-state index in [1.807, 2.05) is 0 Å². The summed E-state index contributed by atoms with van der Waals surface area (Å²) < 4.78 is 0. The molecule has 0 amide bonds. The highest BCUT2D eigenvalue weighted by atomic mass is 15.2. The molecule has 90 valence electrons. The molecule has 15 heavy (non-hydrogen) atoms. The van der Waals surface area contributed by atoms with Gasteiger partial charge in [-0.3, -0.25) is 5.41 Å². The summed E-state index contributed by atoms with van der Waals surface area (Å²) in [5.74, 6) is 0.775. The molecule has 0 radical (unpaired) electrons. The molecule has 0 bridgehead atoms. The van der Waals surface area contributed by atoms with Gasteiger partial charge in [-0.05, 0) is 33.0 Å². The van der Waals surface area contributed by atoms with Gasteiger partial charge in [-0.15, -0.1) is 0 Å². The molecule has 0 aromatic heterocycles. The molecule has 0 aromatic carbocycles. The van der Waals surface area contributed by atoms with Crippen molar-refractivity contribution in [2.24, 2.45) is 0 Å². The number of hydrogen-bond donors (Lipinski definition) is 1. The lowest BCUT2D eigenvalue weighted by Crippen LogP contribution is -2.33. The monoisotopic (exact) mass is 213 g/mol. The molecule has 0 heterocycles. The Balaban J connectivity index is 3.76. The van der Waals surface area contributed by atoms with Crippen LogP contribution in [0.3, 0.4) is 0 Å². The maximum atomic E-state index is 7.78. The fourth-order valence-electron chi connectivity index (χ4n) is 1.73. The summed E-state index contributed by atoms with van der Waals surface area (Å²) in [6, 6.07) is 0. The average Bonchev–Trinajstić information content (AvgIpc) is 2.28. The average molecular weight is 213 g/mol. The molecule has 3 nitrogen and oxygen atoms in total. The topological polar surface area (TPSA) is 30.3 Å². The van der Waals surface area contributed by atoms with Crippen LogP contribution >= 0.6 is 0 Å². The largest absolute Gasteiger partial charge is 0.361 e. The van der Waals surface area contributed by atoms with Gasteiger partial charge in [0.15, 0.2) is 0 Å². The summed E-state index contributed by atoms with van der Waals surface area (Å²) in [5, 5.41) is 7.78. The van der Waals surface area contributed by atoms with Crippen molar-refractivity contribution in [3.63, 3.8) is 0 Å². The smallest absolute Gasteiger partial charge is 0.0954 e. The van der Waals surface area contributed by atoms with Gasteiger partial charge < -0.3 is 9.80 Å². The van der Waals surface area contributed by atoms with E-state index in [4.69, 9.17) is 5.41 Å². The first-order chi connectivity index (χ1) is 7.19. The van der Waals surface area contributed by atoms with E-state index in [2.05, 4.69) is 37.5 Å². The van der Waals surface area contributed by atoms with E-state index in [9.17, 15) is 0 Å². The molecule has 0 aromatic rings. The standard InChI is InChI=1S/C12H27N3/c1-5-12(13)15(8-4)11-9-10-14(6-2)7-3/h13H,5-11H2,1-4H3. The second-order valence-electron chi connectivity index (χ2n) is 3.76. The third-order valence-corrected chi connectivity index (χ3v) is 2.90. The zero-order chi connectivity index (χ0) is 11.7. The minimum Gasteiger partial charge on any atom is -0.361 e. The summed E-state index contributed by atoms with van der Waals surface area (Å²) in [5.41, 5.74) is 0. The predicted octanol–water partition coefficient (Wildman–Crippen LogP) is 2.43. The molecule has 1 N–H and O–H groups in total. The molecule has 0 unspecified atom stereocenters. The van der Waals surface area contributed by atoms with Crippen LogP contribution in [-0.2, 0) is 0 Å². The number of amidine groups is 1. The third kappa shape index (κ3) is 5.78. The number of hydrogen-bond acceptors (Lipinski definition) is 2. The molecule has 3 heteroatoms. The van der Waals surface area contributed by atoms with E-state index < -0.39 is 0 Å². The van der Waals surface area contributed by atoms with Crippen molar-refractivity contribution in [3.8, 4) is 0 Å². The lowest BCUT2D eigenvalue weighted by atomic mass is 10.3. The van der Waals surface area contributed by atoms with Crippen LogP contribution in [0, 0.1) is 5.41 Å². The highest BCUT2D eigenvalue weighted by Gasteiger charge is 2.05. The van der Waals surface area contributed by atoms with Gasteiger partial charge in [0, 0.05) is 19.5 Å². The summed E-state index contributed by atoms with van der Waals surface area (Å²) in [6.07, 6.45) is 2.01. The first-order valence-corrected chi connectivity index (χ1v) is 6.24. The molecular formula is C12H27N3. The lowest BCUT2D eigenvalue weighted by Gasteiger charge is -2.25. The second-order valence-corrected chi connectivity index (χ2v) is 3.76. The van der Waals surface area contributed by atoms with Crippen LogP contribution < -0.4 is 0 Å². The highest BCUT2D eigenvalue weighted by molar-refractivity contribution is 5.78. The SMILES string of the molecule is CCC(=N)N(CC)CCCN(CC)CC. The molecule has 0 rings (SSSR count). The Kier molecular flexibility index (Phi) is 8.38. The van der Waals surface area contributed by atoms with Crippen molar-refractivity contribution in [3.05, 3.63) is 0 Å². The van der Waals surface area contributed by atoms with E-state index in [0.717, 1.165) is 51.4 Å². The van der Waals surface area contributed by atoms with Crippen LogP contribution in [0.1, 0.15) is 40.5 Å². The predicted molar refractivity (Wildman–Crippen MR) is 67.7 cm³/mol. The van der Waals surface area contributed by atoms with Crippen molar-refractivity contribution in [2.75, 3.05) is 32.7 Å². The van der Waals surface area contributed by atoms with Gasteiger partial charge in [0.05, 0.1) is 5.84 Å². The van der Waals surface area contributed by atoms with Crippen molar-refractivity contribution < 1.29 is 0 Å². The van der Waals surface area contributed by atoms with Gasteiger partial charge in [-0.1, -0.05) is 20.8 Å². The van der Waals surface area contributed by atoms with Crippen LogP contribution in [0.15, 0.2) is 0 Å². The molecule has 0 aliphatic rings. The third-order valence-electron chi connectivity index (χ3n) is 2.90. The van der Waals surface area contributed by atoms with Crippen LogP contribution in [0.4, 0.5) is 0 Å². The number of rotatable bonds is 8. The fourth-order valence-corrected chi connectivity index (χ4v) is 1.73. The normalized spacial score (nSPS) is 10.7. The van der Waals surface area contributed by atoms with E-state index in [-0.39, 0.29) is 0 Å². The summed E-state index contributed by atoms with van der Waals surface area (Å²) >= 11 is 0. The van der Waals surface area contributed by atoms with Crippen LogP contribution in [0.2, 0.25) is 0 Å². The second kappa shape index (κ2) is 8.72. The zero-order valence-electron chi connectivity index (χ0n) is 10.8. The van der Waals surface area contributed by atoms with E-state index in [1.54, 1.807) is 0 Å². The summed E-state index contributed by atoms with van der Waals surface area (Å²) in [6.45, 7) is 14.0. The van der Waals surface area contributed by atoms with E-state index >= 15 is 0 Å². The molecule has 0 spiro atoms. The van der Waals surface area contributed by atoms with Crippen molar-refractivity contribution in [1.82, 2.24) is 9.80 Å². The Bertz CT molecular complexity index is 164. The van der Waals surface area contributed by atoms with Gasteiger partial charge in [-0.25, -0.2) is 0 Å². The number of nitrogens with zero attached hydrogens (tertiary/aromatic N) is 2. The maximum absolute atomic E-state index is 7.78. The summed E-state index contributed by atoms with van der Waals surface area (Å²) in [4.78, 5) is 4.60. The molecular weight excluding hydrogens is 186 g/mol. The van der Waals surface area contributed by atoms with Gasteiger partial charge >= 0.3 is 0 Å². The minimum absolute atomic E-state index is 0.775. The molecule has 0 atom stereocenters. The molecule has 0 aliphatic heterocycles. The van der Waals surface area contributed by atoms with Gasteiger partial charge in [-0.2, -0.15) is 0 Å². The fraction of sp³-hybridized carbons (Fsp3) is 0.917. The molecule has 0 saturated carbocycles. The Morgan fingerprint density at radius 3 is 1.93 bits per heavy atom. The zero-order valence-corrected chi connectivity index (χ0v) is 10.8. The Hall–Kier alpha value is -0.570. The lowest BCUT2D eigenvalue weighted by molar-refractivity contribution is 0.282. The van der Waals surface area contributed by atoms with E-state index in [0.29, 0.717) is 0 Å². The Morgan fingerprint density at radius 1 is 0.933 bits per heavy atom. The minimum atomic E-state index is 0.775. The van der Waals surface area contributed by atoms with Gasteiger partial charge in [0.25, 0.3) is 0 Å². The Labute approximate surface area is 95.0 Å². The quantitative estimate of drug-likeness (QED) is 0.496. The van der Waals surface area contributed by atoms with E-state index in [1.165, 1.54) is 0 Å². The maximum Gasteiger partial charge on any atom is 0.0954 e. The molecule has 0 saturated heterocycles. The highest BCUT2D eigenvalue weighted by Crippen LogP contribution is 1.98. The van der Waals surface area contributed by atoms with Crippen LogP contribution in [0.5, 0.6) is 0 Å². The van der Waals surface area contributed by atoms with Crippen molar-refractivity contribution in [2.45, 2.75) is 40.5 Å². The van der Waals surface area contributed by atoms with Gasteiger partial charge in [0.1, 0.15) is 0 Å².